The van der Waals surface area contributed by atoms with Gasteiger partial charge in [-0.3, -0.25) is 9.82 Å². The molecule has 21 heavy (non-hydrogen) atoms. The molecular weight excluding hydrogens is 427 g/mol. The molecule has 1 aromatic carbocycles. The van der Waals surface area contributed by atoms with Crippen LogP contribution in [0.1, 0.15) is 11.3 Å². The first-order valence-corrected chi connectivity index (χ1v) is 8.95. The fourth-order valence-electron chi connectivity index (χ4n) is 1.80. The fraction of sp³-hybridized carbons (Fsp3) is 0.250. The molecule has 3 N–H and O–H groups in total. The summed E-state index contributed by atoms with van der Waals surface area (Å²) in [6, 6.07) is 5.08. The number of aryl methyl sites for hydroxylation is 1. The van der Waals surface area contributed by atoms with Gasteiger partial charge < -0.3 is 5.32 Å². The fourth-order valence-corrected chi connectivity index (χ4v) is 4.04. The molecule has 1 aromatic heterocycles. The number of nitrogens with zero attached hydrogens (tertiary/aromatic N) is 1. The maximum absolute atomic E-state index is 12.5. The number of anilines is 1. The van der Waals surface area contributed by atoms with Crippen LogP contribution in [0, 0.1) is 10.5 Å². The first-order chi connectivity index (χ1) is 9.85. The number of rotatable bonds is 5. The van der Waals surface area contributed by atoms with E-state index in [-0.39, 0.29) is 5.03 Å². The smallest absolute Gasteiger partial charge is 0.281 e. The van der Waals surface area contributed by atoms with Crippen LogP contribution in [0.4, 0.5) is 5.69 Å². The second kappa shape index (κ2) is 6.51. The Morgan fingerprint density at radius 1 is 1.43 bits per heavy atom. The number of aromatic amines is 1. The van der Waals surface area contributed by atoms with Gasteiger partial charge in [0, 0.05) is 21.4 Å². The Hall–Kier alpha value is -0.840. The lowest BCUT2D eigenvalue weighted by Crippen LogP contribution is -2.17. The zero-order chi connectivity index (χ0) is 15.6. The Labute approximate surface area is 141 Å². The minimum absolute atomic E-state index is 0.0241. The summed E-state index contributed by atoms with van der Waals surface area (Å²) in [7, 11) is -2.06. The first-order valence-electron chi connectivity index (χ1n) is 6.01. The molecular formula is C12H14ClIN4O2S. The van der Waals surface area contributed by atoms with Crippen LogP contribution in [0.3, 0.4) is 0 Å². The van der Waals surface area contributed by atoms with Crippen molar-refractivity contribution in [2.24, 2.45) is 0 Å². The summed E-state index contributed by atoms with van der Waals surface area (Å²) in [5.74, 6) is 0. The topological polar surface area (TPSA) is 86.9 Å². The van der Waals surface area contributed by atoms with Crippen molar-refractivity contribution in [2.75, 3.05) is 11.8 Å². The van der Waals surface area contributed by atoms with Crippen LogP contribution in [-0.4, -0.2) is 25.7 Å². The van der Waals surface area contributed by atoms with E-state index >= 15 is 0 Å². The Morgan fingerprint density at radius 2 is 2.14 bits per heavy atom. The summed E-state index contributed by atoms with van der Waals surface area (Å²) in [5.41, 5.74) is 1.64. The zero-order valence-electron chi connectivity index (χ0n) is 11.4. The minimum Gasteiger partial charge on any atom is -0.316 e. The summed E-state index contributed by atoms with van der Waals surface area (Å²) in [6.07, 6.45) is 0. The van der Waals surface area contributed by atoms with Gasteiger partial charge in [-0.1, -0.05) is 11.6 Å². The molecule has 0 aliphatic rings. The third-order valence-corrected chi connectivity index (χ3v) is 5.14. The molecule has 114 valence electrons. The number of sulfonamides is 1. The molecule has 1 heterocycles. The summed E-state index contributed by atoms with van der Waals surface area (Å²) < 4.78 is 28.3. The third kappa shape index (κ3) is 3.68. The molecule has 0 atom stereocenters. The van der Waals surface area contributed by atoms with Gasteiger partial charge in [-0.15, -0.1) is 0 Å². The average molecular weight is 441 g/mol. The van der Waals surface area contributed by atoms with Crippen LogP contribution in [0.25, 0.3) is 0 Å². The highest BCUT2D eigenvalue weighted by atomic mass is 127. The van der Waals surface area contributed by atoms with Crippen LogP contribution in [-0.2, 0) is 16.6 Å². The van der Waals surface area contributed by atoms with Gasteiger partial charge in [0.15, 0.2) is 0 Å². The standard InChI is InChI=1S/C12H14ClIN4O2S/c1-7-9(6-15-2)12(17-16-7)21(19,20)18-11-4-3-8(14)5-10(11)13/h3-5,15,18H,6H2,1-2H3,(H,16,17). The van der Waals surface area contributed by atoms with E-state index in [1.807, 2.05) is 0 Å². The molecule has 0 fully saturated rings. The molecule has 0 aliphatic carbocycles. The largest absolute Gasteiger partial charge is 0.316 e. The number of halogens is 2. The maximum atomic E-state index is 12.5. The van der Waals surface area contributed by atoms with Gasteiger partial charge in [-0.25, -0.2) is 0 Å². The number of hydrogen-bond acceptors (Lipinski definition) is 4. The van der Waals surface area contributed by atoms with Crippen molar-refractivity contribution in [3.05, 3.63) is 38.0 Å². The molecule has 0 saturated heterocycles. The number of aromatic nitrogens is 2. The number of H-pyrrole nitrogens is 1. The van der Waals surface area contributed by atoms with Crippen LogP contribution in [0.2, 0.25) is 5.02 Å². The first kappa shape index (κ1) is 16.5. The lowest BCUT2D eigenvalue weighted by Gasteiger charge is -2.09. The minimum atomic E-state index is -3.80. The molecule has 0 unspecified atom stereocenters. The number of hydrogen-bond donors (Lipinski definition) is 3. The van der Waals surface area contributed by atoms with Crippen molar-refractivity contribution in [3.63, 3.8) is 0 Å². The van der Waals surface area contributed by atoms with Crippen molar-refractivity contribution in [1.29, 1.82) is 0 Å². The van der Waals surface area contributed by atoms with Crippen molar-refractivity contribution >= 4 is 49.9 Å². The molecule has 0 spiro atoms. The van der Waals surface area contributed by atoms with E-state index < -0.39 is 10.0 Å². The van der Waals surface area contributed by atoms with Crippen LogP contribution >= 0.6 is 34.2 Å². The molecule has 0 aliphatic heterocycles. The average Bonchev–Trinajstić information content (AvgIpc) is 2.76. The lowest BCUT2D eigenvalue weighted by atomic mass is 10.3. The Morgan fingerprint density at radius 3 is 2.76 bits per heavy atom. The van der Waals surface area contributed by atoms with Gasteiger partial charge in [-0.05, 0) is 54.8 Å². The van der Waals surface area contributed by atoms with E-state index in [2.05, 4.69) is 42.8 Å². The highest BCUT2D eigenvalue weighted by Crippen LogP contribution is 2.27. The predicted molar refractivity (Wildman–Crippen MR) is 91.1 cm³/mol. The van der Waals surface area contributed by atoms with Crippen LogP contribution in [0.5, 0.6) is 0 Å². The Bertz CT molecular complexity index is 761. The normalized spacial score (nSPS) is 11.6. The molecule has 0 bridgehead atoms. The highest BCUT2D eigenvalue weighted by molar-refractivity contribution is 14.1. The van der Waals surface area contributed by atoms with Crippen molar-refractivity contribution in [3.8, 4) is 0 Å². The van der Waals surface area contributed by atoms with Gasteiger partial charge in [0.05, 0.1) is 10.7 Å². The number of benzene rings is 1. The SMILES string of the molecule is CNCc1c(S(=O)(=O)Nc2ccc(I)cc2Cl)n[nH]c1C. The molecule has 2 aromatic rings. The van der Waals surface area contributed by atoms with Gasteiger partial charge >= 0.3 is 0 Å². The third-order valence-electron chi connectivity index (χ3n) is 2.82. The predicted octanol–water partition coefficient (Wildman–Crippen LogP) is 2.50. The summed E-state index contributed by atoms with van der Waals surface area (Å²) in [5, 5.41) is 9.83. The van der Waals surface area contributed by atoms with Crippen LogP contribution in [0.15, 0.2) is 23.2 Å². The molecule has 6 nitrogen and oxygen atoms in total. The van der Waals surface area contributed by atoms with Crippen molar-refractivity contribution < 1.29 is 8.42 Å². The van der Waals surface area contributed by atoms with E-state index in [0.717, 1.165) is 3.57 Å². The molecule has 9 heteroatoms. The number of nitrogens with one attached hydrogen (secondary N) is 3. The van der Waals surface area contributed by atoms with Crippen molar-refractivity contribution in [1.82, 2.24) is 15.5 Å². The quantitative estimate of drug-likeness (QED) is 0.624. The highest BCUT2D eigenvalue weighted by Gasteiger charge is 2.24. The zero-order valence-corrected chi connectivity index (χ0v) is 15.1. The van der Waals surface area contributed by atoms with Gasteiger partial charge in [0.1, 0.15) is 0 Å². The van der Waals surface area contributed by atoms with E-state index in [1.165, 1.54) is 0 Å². The summed E-state index contributed by atoms with van der Waals surface area (Å²) in [6.45, 7) is 2.18. The summed E-state index contributed by atoms with van der Waals surface area (Å²) >= 11 is 8.16. The van der Waals surface area contributed by atoms with E-state index in [1.54, 1.807) is 32.2 Å². The van der Waals surface area contributed by atoms with E-state index in [9.17, 15) is 8.42 Å². The maximum Gasteiger partial charge on any atom is 0.281 e. The van der Waals surface area contributed by atoms with Gasteiger partial charge in [0.2, 0.25) is 5.03 Å². The van der Waals surface area contributed by atoms with Crippen molar-refractivity contribution in [2.45, 2.75) is 18.5 Å². The van der Waals surface area contributed by atoms with Gasteiger partial charge in [0.25, 0.3) is 10.0 Å². The van der Waals surface area contributed by atoms with E-state index in [4.69, 9.17) is 11.6 Å². The second-order valence-electron chi connectivity index (χ2n) is 4.39. The van der Waals surface area contributed by atoms with E-state index in [0.29, 0.717) is 28.5 Å². The van der Waals surface area contributed by atoms with Crippen LogP contribution < -0.4 is 10.0 Å². The van der Waals surface area contributed by atoms with Gasteiger partial charge in [-0.2, -0.15) is 13.5 Å². The summed E-state index contributed by atoms with van der Waals surface area (Å²) in [4.78, 5) is 0. The molecule has 0 radical (unpaired) electrons. The lowest BCUT2D eigenvalue weighted by molar-refractivity contribution is 0.595. The monoisotopic (exact) mass is 440 g/mol. The molecule has 0 amide bonds. The molecule has 2 rings (SSSR count). The Balaban J connectivity index is 2.39. The molecule has 0 saturated carbocycles. The Kier molecular flexibility index (Phi) is 5.12. The second-order valence-corrected chi connectivity index (χ2v) is 7.64.